The van der Waals surface area contributed by atoms with E-state index < -0.39 is 9.84 Å². The summed E-state index contributed by atoms with van der Waals surface area (Å²) in [7, 11) is -2.85. The third-order valence-corrected chi connectivity index (χ3v) is 3.13. The van der Waals surface area contributed by atoms with Crippen LogP contribution < -0.4 is 10.6 Å². The van der Waals surface area contributed by atoms with E-state index in [1.54, 1.807) is 0 Å². The molecule has 2 N–H and O–H groups in total. The first-order valence-corrected chi connectivity index (χ1v) is 6.71. The van der Waals surface area contributed by atoms with Gasteiger partial charge in [0.15, 0.2) is 0 Å². The minimum atomic E-state index is -2.85. The second kappa shape index (κ2) is 4.75. The van der Waals surface area contributed by atoms with Crippen LogP contribution in [-0.4, -0.2) is 45.5 Å². The van der Waals surface area contributed by atoms with E-state index in [1.165, 1.54) is 6.26 Å². The van der Waals surface area contributed by atoms with Gasteiger partial charge in [-0.15, -0.1) is 0 Å². The average molecular weight is 220 g/mol. The van der Waals surface area contributed by atoms with E-state index in [4.69, 9.17) is 0 Å². The van der Waals surface area contributed by atoms with E-state index in [0.717, 1.165) is 0 Å². The fourth-order valence-corrected chi connectivity index (χ4v) is 2.06. The summed E-state index contributed by atoms with van der Waals surface area (Å²) in [6, 6.07) is 0.169. The third kappa shape index (κ3) is 4.57. The van der Waals surface area contributed by atoms with E-state index in [-0.39, 0.29) is 17.7 Å². The second-order valence-corrected chi connectivity index (χ2v) is 5.90. The zero-order chi connectivity index (χ0) is 10.6. The number of hydrogen-bond donors (Lipinski definition) is 2. The SMILES string of the molecule is CS(=O)(=O)CCCNC1CNC(=O)C1. The molecule has 1 amide bonds. The first-order valence-electron chi connectivity index (χ1n) is 4.65. The molecule has 0 radical (unpaired) electrons. The highest BCUT2D eigenvalue weighted by molar-refractivity contribution is 7.90. The maximum Gasteiger partial charge on any atom is 0.221 e. The van der Waals surface area contributed by atoms with Crippen LogP contribution in [0.1, 0.15) is 12.8 Å². The van der Waals surface area contributed by atoms with Gasteiger partial charge < -0.3 is 10.6 Å². The van der Waals surface area contributed by atoms with Gasteiger partial charge in [0.05, 0.1) is 5.75 Å². The molecule has 1 aliphatic heterocycles. The predicted octanol–water partition coefficient (Wildman–Crippen LogP) is -1.10. The number of rotatable bonds is 5. The average Bonchev–Trinajstić information content (AvgIpc) is 2.44. The Morgan fingerprint density at radius 1 is 1.57 bits per heavy atom. The first kappa shape index (κ1) is 11.5. The van der Waals surface area contributed by atoms with E-state index in [2.05, 4.69) is 10.6 Å². The Bertz CT molecular complexity index is 300. The van der Waals surface area contributed by atoms with Crippen molar-refractivity contribution in [3.63, 3.8) is 0 Å². The second-order valence-electron chi connectivity index (χ2n) is 3.64. The molecule has 1 fully saturated rings. The predicted molar refractivity (Wildman–Crippen MR) is 53.7 cm³/mol. The Kier molecular flexibility index (Phi) is 3.88. The van der Waals surface area contributed by atoms with Gasteiger partial charge in [0.2, 0.25) is 5.91 Å². The van der Waals surface area contributed by atoms with Crippen molar-refractivity contribution in [2.75, 3.05) is 25.1 Å². The number of carbonyl (C=O) groups excluding carboxylic acids is 1. The Hall–Kier alpha value is -0.620. The Morgan fingerprint density at radius 3 is 2.79 bits per heavy atom. The molecule has 82 valence electrons. The van der Waals surface area contributed by atoms with Gasteiger partial charge in [0, 0.05) is 25.3 Å². The van der Waals surface area contributed by atoms with Crippen LogP contribution >= 0.6 is 0 Å². The molecule has 1 heterocycles. The van der Waals surface area contributed by atoms with Gasteiger partial charge >= 0.3 is 0 Å². The topological polar surface area (TPSA) is 75.3 Å². The molecule has 14 heavy (non-hydrogen) atoms. The summed E-state index contributed by atoms with van der Waals surface area (Å²) in [5.74, 6) is 0.263. The van der Waals surface area contributed by atoms with Crippen molar-refractivity contribution >= 4 is 15.7 Å². The summed E-state index contributed by atoms with van der Waals surface area (Å²) >= 11 is 0. The first-order chi connectivity index (χ1) is 6.47. The van der Waals surface area contributed by atoms with Crippen molar-refractivity contribution < 1.29 is 13.2 Å². The monoisotopic (exact) mass is 220 g/mol. The van der Waals surface area contributed by atoms with Crippen LogP contribution in [-0.2, 0) is 14.6 Å². The van der Waals surface area contributed by atoms with E-state index in [9.17, 15) is 13.2 Å². The van der Waals surface area contributed by atoms with Crippen molar-refractivity contribution in [3.05, 3.63) is 0 Å². The maximum absolute atomic E-state index is 10.8. The van der Waals surface area contributed by atoms with Crippen molar-refractivity contribution in [2.45, 2.75) is 18.9 Å². The maximum atomic E-state index is 10.8. The molecule has 0 aromatic rings. The standard InChI is InChI=1S/C8H16N2O3S/c1-14(12,13)4-2-3-9-7-5-8(11)10-6-7/h7,9H,2-6H2,1H3,(H,10,11). The summed E-state index contributed by atoms with van der Waals surface area (Å²) in [6.45, 7) is 1.30. The Labute approximate surface area is 84.2 Å². The smallest absolute Gasteiger partial charge is 0.221 e. The summed E-state index contributed by atoms with van der Waals surface area (Å²) in [5, 5.41) is 5.84. The zero-order valence-corrected chi connectivity index (χ0v) is 9.06. The quantitative estimate of drug-likeness (QED) is 0.577. The van der Waals surface area contributed by atoms with Crippen molar-refractivity contribution in [1.82, 2.24) is 10.6 Å². The van der Waals surface area contributed by atoms with E-state index >= 15 is 0 Å². The van der Waals surface area contributed by atoms with Gasteiger partial charge in [-0.1, -0.05) is 0 Å². The lowest BCUT2D eigenvalue weighted by Crippen LogP contribution is -2.32. The molecule has 1 unspecified atom stereocenters. The molecule has 1 aliphatic rings. The highest BCUT2D eigenvalue weighted by atomic mass is 32.2. The molecule has 0 spiro atoms. The van der Waals surface area contributed by atoms with Gasteiger partial charge in [-0.05, 0) is 13.0 Å². The minimum absolute atomic E-state index is 0.0608. The molecule has 1 rings (SSSR count). The Morgan fingerprint density at radius 2 is 2.29 bits per heavy atom. The lowest BCUT2D eigenvalue weighted by molar-refractivity contribution is -0.119. The molecule has 0 bridgehead atoms. The molecular formula is C8H16N2O3S. The summed E-state index contributed by atoms with van der Waals surface area (Å²) < 4.78 is 21.6. The van der Waals surface area contributed by atoms with E-state index in [1.807, 2.05) is 0 Å². The molecule has 0 aromatic carbocycles. The highest BCUT2D eigenvalue weighted by Crippen LogP contribution is 1.98. The molecule has 0 saturated carbocycles. The molecule has 0 aliphatic carbocycles. The van der Waals surface area contributed by atoms with Crippen molar-refractivity contribution in [2.24, 2.45) is 0 Å². The van der Waals surface area contributed by atoms with E-state index in [0.29, 0.717) is 25.9 Å². The van der Waals surface area contributed by atoms with Gasteiger partial charge in [-0.2, -0.15) is 0 Å². The van der Waals surface area contributed by atoms with Crippen LogP contribution in [0.4, 0.5) is 0 Å². The number of carbonyl (C=O) groups is 1. The number of sulfone groups is 1. The summed E-state index contributed by atoms with van der Waals surface area (Å²) in [6.07, 6.45) is 2.33. The van der Waals surface area contributed by atoms with Crippen LogP contribution in [0.15, 0.2) is 0 Å². The van der Waals surface area contributed by atoms with Crippen LogP contribution in [0.25, 0.3) is 0 Å². The largest absolute Gasteiger partial charge is 0.354 e. The summed E-state index contributed by atoms with van der Waals surface area (Å²) in [5.41, 5.74) is 0. The molecule has 0 aromatic heterocycles. The lowest BCUT2D eigenvalue weighted by atomic mass is 10.2. The summed E-state index contributed by atoms with van der Waals surface area (Å²) in [4.78, 5) is 10.8. The fraction of sp³-hybridized carbons (Fsp3) is 0.875. The van der Waals surface area contributed by atoms with Crippen LogP contribution in [0.3, 0.4) is 0 Å². The van der Waals surface area contributed by atoms with Crippen molar-refractivity contribution in [1.29, 1.82) is 0 Å². The number of hydrogen-bond acceptors (Lipinski definition) is 4. The van der Waals surface area contributed by atoms with Crippen LogP contribution in [0.2, 0.25) is 0 Å². The normalized spacial score (nSPS) is 22.4. The van der Waals surface area contributed by atoms with Gasteiger partial charge in [0.25, 0.3) is 0 Å². The molecule has 6 heteroatoms. The van der Waals surface area contributed by atoms with Gasteiger partial charge in [-0.25, -0.2) is 8.42 Å². The minimum Gasteiger partial charge on any atom is -0.354 e. The van der Waals surface area contributed by atoms with Gasteiger partial charge in [-0.3, -0.25) is 4.79 Å². The number of amides is 1. The fourth-order valence-electron chi connectivity index (χ4n) is 1.39. The lowest BCUT2D eigenvalue weighted by Gasteiger charge is -2.08. The molecule has 5 nitrogen and oxygen atoms in total. The van der Waals surface area contributed by atoms with Crippen LogP contribution in [0, 0.1) is 0 Å². The molecule has 1 atom stereocenters. The molecule has 1 saturated heterocycles. The van der Waals surface area contributed by atoms with Gasteiger partial charge in [0.1, 0.15) is 9.84 Å². The third-order valence-electron chi connectivity index (χ3n) is 2.10. The highest BCUT2D eigenvalue weighted by Gasteiger charge is 2.20. The van der Waals surface area contributed by atoms with Crippen molar-refractivity contribution in [3.8, 4) is 0 Å². The van der Waals surface area contributed by atoms with Crippen LogP contribution in [0.5, 0.6) is 0 Å². The zero-order valence-electron chi connectivity index (χ0n) is 8.25. The molecular weight excluding hydrogens is 204 g/mol. The number of nitrogens with one attached hydrogen (secondary N) is 2. The Balaban J connectivity index is 2.07.